The summed E-state index contributed by atoms with van der Waals surface area (Å²) in [4.78, 5) is 15.2. The van der Waals surface area contributed by atoms with Gasteiger partial charge in [-0.1, -0.05) is 38.1 Å². The van der Waals surface area contributed by atoms with E-state index < -0.39 is 6.03 Å². The number of aromatic nitrogens is 1. The van der Waals surface area contributed by atoms with E-state index in [1.807, 2.05) is 48.7 Å². The fourth-order valence-corrected chi connectivity index (χ4v) is 3.20. The monoisotopic (exact) mass is 379 g/mol. The second kappa shape index (κ2) is 8.09. The predicted molar refractivity (Wildman–Crippen MR) is 113 cm³/mol. The number of amides is 2. The molecule has 0 fully saturated rings. The van der Waals surface area contributed by atoms with Crippen molar-refractivity contribution in [1.29, 1.82) is 10.8 Å². The van der Waals surface area contributed by atoms with Gasteiger partial charge in [0.1, 0.15) is 5.04 Å². The van der Waals surface area contributed by atoms with E-state index >= 15 is 0 Å². The van der Waals surface area contributed by atoms with Crippen LogP contribution in [0.25, 0.3) is 10.9 Å². The fourth-order valence-electron chi connectivity index (χ4n) is 2.60. The number of nitrogens with one attached hydrogen (secondary N) is 5. The molecule has 1 aromatic heterocycles. The molecule has 0 aliphatic heterocycles. The summed E-state index contributed by atoms with van der Waals surface area (Å²) in [5.41, 5.74) is 3.54. The van der Waals surface area contributed by atoms with Gasteiger partial charge in [-0.15, -0.1) is 0 Å². The Kier molecular flexibility index (Phi) is 5.61. The van der Waals surface area contributed by atoms with E-state index in [0.717, 1.165) is 22.7 Å². The normalized spacial score (nSPS) is 10.8. The Hall–Kier alpha value is -3.06. The number of H-pyrrole nitrogens is 1. The molecule has 2 amide bonds. The van der Waals surface area contributed by atoms with Crippen molar-refractivity contribution in [3.63, 3.8) is 0 Å². The van der Waals surface area contributed by atoms with Gasteiger partial charge in [-0.3, -0.25) is 16.1 Å². The van der Waals surface area contributed by atoms with E-state index in [1.165, 1.54) is 5.56 Å². The van der Waals surface area contributed by atoms with Crippen LogP contribution in [0.4, 0.5) is 10.5 Å². The highest BCUT2D eigenvalue weighted by molar-refractivity contribution is 8.26. The van der Waals surface area contributed by atoms with E-state index in [2.05, 4.69) is 29.5 Å². The quantitative estimate of drug-likeness (QED) is 0.322. The number of urea groups is 1. The van der Waals surface area contributed by atoms with E-state index in [0.29, 0.717) is 17.2 Å². The molecule has 7 heteroatoms. The van der Waals surface area contributed by atoms with Crippen LogP contribution in [0.2, 0.25) is 0 Å². The summed E-state index contributed by atoms with van der Waals surface area (Å²) in [6.07, 6.45) is 1.83. The van der Waals surface area contributed by atoms with Crippen molar-refractivity contribution in [1.82, 2.24) is 10.3 Å². The number of hydrogen-bond donors (Lipinski definition) is 5. The smallest absolute Gasteiger partial charge is 0.325 e. The molecule has 0 bridgehead atoms. The van der Waals surface area contributed by atoms with Crippen molar-refractivity contribution in [3.8, 4) is 0 Å². The van der Waals surface area contributed by atoms with Crippen LogP contribution in [0.5, 0.6) is 0 Å². The SMILES string of the molecule is CC(C)c1ccc(C(=N)SC(=N)NC(=O)Nc2ccc3[nH]ccc3c2)cc1. The first-order chi connectivity index (χ1) is 12.9. The number of amidine groups is 1. The van der Waals surface area contributed by atoms with Crippen LogP contribution in [0.3, 0.4) is 0 Å². The Morgan fingerprint density at radius 3 is 2.52 bits per heavy atom. The topological polar surface area (TPSA) is 105 Å². The lowest BCUT2D eigenvalue weighted by atomic mass is 10.0. The summed E-state index contributed by atoms with van der Waals surface area (Å²) in [5, 5.41) is 22.3. The molecule has 3 aromatic rings. The number of thioether (sulfide) groups is 1. The first-order valence-electron chi connectivity index (χ1n) is 8.53. The van der Waals surface area contributed by atoms with Crippen LogP contribution < -0.4 is 10.6 Å². The average molecular weight is 379 g/mol. The molecule has 0 aliphatic carbocycles. The van der Waals surface area contributed by atoms with Crippen LogP contribution in [0.15, 0.2) is 54.7 Å². The van der Waals surface area contributed by atoms with Gasteiger partial charge in [0.15, 0.2) is 5.17 Å². The predicted octanol–water partition coefficient (Wildman–Crippen LogP) is 5.11. The summed E-state index contributed by atoms with van der Waals surface area (Å²) in [7, 11) is 0. The Morgan fingerprint density at radius 1 is 1.07 bits per heavy atom. The molecule has 138 valence electrons. The number of aromatic amines is 1. The van der Waals surface area contributed by atoms with Gasteiger partial charge in [0.2, 0.25) is 0 Å². The van der Waals surface area contributed by atoms with Crippen molar-refractivity contribution in [3.05, 3.63) is 65.9 Å². The van der Waals surface area contributed by atoms with Crippen molar-refractivity contribution >= 4 is 44.6 Å². The molecule has 27 heavy (non-hydrogen) atoms. The highest BCUT2D eigenvalue weighted by Crippen LogP contribution is 2.19. The molecule has 6 nitrogen and oxygen atoms in total. The minimum absolute atomic E-state index is 0.104. The van der Waals surface area contributed by atoms with Crippen LogP contribution in [0.1, 0.15) is 30.9 Å². The number of rotatable bonds is 3. The number of fused-ring (bicyclic) bond motifs is 1. The molecule has 5 N–H and O–H groups in total. The molecule has 0 radical (unpaired) electrons. The first-order valence-corrected chi connectivity index (χ1v) is 9.34. The third-order valence-corrected chi connectivity index (χ3v) is 4.83. The minimum Gasteiger partial charge on any atom is -0.361 e. The summed E-state index contributed by atoms with van der Waals surface area (Å²) in [6, 6.07) is 14.6. The van der Waals surface area contributed by atoms with Gasteiger partial charge in [-0.05, 0) is 47.5 Å². The number of anilines is 1. The molecule has 1 heterocycles. The maximum Gasteiger partial charge on any atom is 0.325 e. The largest absolute Gasteiger partial charge is 0.361 e. The van der Waals surface area contributed by atoms with Gasteiger partial charge in [0.25, 0.3) is 0 Å². The molecule has 0 atom stereocenters. The molecule has 0 saturated heterocycles. The zero-order valence-electron chi connectivity index (χ0n) is 15.1. The van der Waals surface area contributed by atoms with Gasteiger partial charge in [0, 0.05) is 28.4 Å². The summed E-state index contributed by atoms with van der Waals surface area (Å²) in [5.74, 6) is 0.426. The highest BCUT2D eigenvalue weighted by Gasteiger charge is 2.11. The first kappa shape index (κ1) is 18.7. The summed E-state index contributed by atoms with van der Waals surface area (Å²) < 4.78 is 0. The minimum atomic E-state index is -0.509. The van der Waals surface area contributed by atoms with Gasteiger partial charge < -0.3 is 10.3 Å². The van der Waals surface area contributed by atoms with Gasteiger partial charge in [-0.25, -0.2) is 4.79 Å². The molecule has 0 unspecified atom stereocenters. The zero-order valence-corrected chi connectivity index (χ0v) is 15.9. The van der Waals surface area contributed by atoms with Gasteiger partial charge >= 0.3 is 6.03 Å². The summed E-state index contributed by atoms with van der Waals surface area (Å²) in [6.45, 7) is 4.22. The molecule has 0 spiro atoms. The van der Waals surface area contributed by atoms with Crippen LogP contribution in [0, 0.1) is 10.8 Å². The fraction of sp³-hybridized carbons (Fsp3) is 0.150. The standard InChI is InChI=1S/C20H21N5OS/c1-12(2)13-3-5-14(6-4-13)18(21)27-19(22)25-20(26)24-16-7-8-17-15(11-16)9-10-23-17/h3-12,21,23H,1-2H3,(H3,22,24,25,26). The number of hydrogen-bond acceptors (Lipinski definition) is 4. The Balaban J connectivity index is 1.54. The van der Waals surface area contributed by atoms with Crippen molar-refractivity contribution < 1.29 is 4.79 Å². The molecule has 3 rings (SSSR count). The Morgan fingerprint density at radius 2 is 1.81 bits per heavy atom. The molecular formula is C20H21N5OS. The second-order valence-corrected chi connectivity index (χ2v) is 7.42. The Bertz CT molecular complexity index is 991. The third kappa shape index (κ3) is 4.77. The lowest BCUT2D eigenvalue weighted by molar-refractivity contribution is 0.256. The van der Waals surface area contributed by atoms with Crippen molar-refractivity contribution in [2.24, 2.45) is 0 Å². The highest BCUT2D eigenvalue weighted by atomic mass is 32.2. The van der Waals surface area contributed by atoms with Crippen molar-refractivity contribution in [2.75, 3.05) is 5.32 Å². The van der Waals surface area contributed by atoms with E-state index in [4.69, 9.17) is 10.8 Å². The number of benzene rings is 2. The molecular weight excluding hydrogens is 358 g/mol. The summed E-state index contributed by atoms with van der Waals surface area (Å²) >= 11 is 0.899. The molecule has 0 aliphatic rings. The zero-order chi connectivity index (χ0) is 19.4. The lowest BCUT2D eigenvalue weighted by Crippen LogP contribution is -2.32. The Labute approximate surface area is 161 Å². The van der Waals surface area contributed by atoms with E-state index in [-0.39, 0.29) is 10.2 Å². The maximum atomic E-state index is 12.1. The third-order valence-electron chi connectivity index (χ3n) is 4.08. The van der Waals surface area contributed by atoms with Crippen LogP contribution in [-0.2, 0) is 0 Å². The molecule has 0 saturated carbocycles. The lowest BCUT2D eigenvalue weighted by Gasteiger charge is -2.10. The van der Waals surface area contributed by atoms with Crippen LogP contribution >= 0.6 is 11.8 Å². The maximum absolute atomic E-state index is 12.1. The average Bonchev–Trinajstić information content (AvgIpc) is 3.09. The molecule has 2 aromatic carbocycles. The van der Waals surface area contributed by atoms with E-state index in [9.17, 15) is 4.79 Å². The van der Waals surface area contributed by atoms with Gasteiger partial charge in [0.05, 0.1) is 0 Å². The number of carbonyl (C=O) groups is 1. The van der Waals surface area contributed by atoms with Crippen molar-refractivity contribution in [2.45, 2.75) is 19.8 Å². The van der Waals surface area contributed by atoms with Crippen LogP contribution in [-0.4, -0.2) is 21.2 Å². The second-order valence-electron chi connectivity index (χ2n) is 6.40. The number of carbonyl (C=O) groups excluding carboxylic acids is 1. The van der Waals surface area contributed by atoms with Gasteiger partial charge in [-0.2, -0.15) is 0 Å². The van der Waals surface area contributed by atoms with E-state index in [1.54, 1.807) is 6.07 Å².